The van der Waals surface area contributed by atoms with E-state index in [0.29, 0.717) is 42.0 Å². The Bertz CT molecular complexity index is 1840. The molecule has 1 aliphatic carbocycles. The van der Waals surface area contributed by atoms with Crippen LogP contribution >= 0.6 is 0 Å². The van der Waals surface area contributed by atoms with Gasteiger partial charge in [-0.3, -0.25) is 9.59 Å². The zero-order valence-corrected chi connectivity index (χ0v) is 29.7. The van der Waals surface area contributed by atoms with Crippen LogP contribution in [0, 0.1) is 17.7 Å². The molecule has 13 nitrogen and oxygen atoms in total. The van der Waals surface area contributed by atoms with Crippen molar-refractivity contribution in [2.45, 2.75) is 71.4 Å². The molecule has 0 unspecified atom stereocenters. The van der Waals surface area contributed by atoms with Crippen molar-refractivity contribution in [1.82, 2.24) is 31.3 Å². The Morgan fingerprint density at radius 2 is 1.63 bits per heavy atom. The molecule has 1 aliphatic rings. The third-order valence-corrected chi connectivity index (χ3v) is 8.74. The Kier molecular flexibility index (Phi) is 12.3. The second-order valence-corrected chi connectivity index (χ2v) is 13.8. The van der Waals surface area contributed by atoms with E-state index in [9.17, 15) is 19.2 Å². The molecule has 5 rings (SSSR count). The summed E-state index contributed by atoms with van der Waals surface area (Å²) in [7, 11) is 0. The molecule has 0 bridgehead atoms. The van der Waals surface area contributed by atoms with Crippen LogP contribution < -0.4 is 16.0 Å². The van der Waals surface area contributed by atoms with E-state index in [4.69, 9.17) is 9.47 Å². The Morgan fingerprint density at radius 3 is 2.27 bits per heavy atom. The summed E-state index contributed by atoms with van der Waals surface area (Å²) in [5.74, 6) is -1.72. The number of halogens is 1. The number of hydrogen-bond acceptors (Lipinski definition) is 9. The number of anilines is 1. The fourth-order valence-electron chi connectivity index (χ4n) is 6.06. The number of ether oxygens (including phenoxy) is 2. The standard InChI is InChI=1S/C38H44FN7O6/c1-5-51-36(49)30-8-6-7-29(32(30)39)25-13-9-23(10-14-25)21-31(35(48)41-28-19-17-26(18-20-28)33-43-45-46-44-33)42-34(47)27-15-11-24(12-16-27)22-40-37(50)52-38(2,3)4/h6-10,13-14,17-20,24,27,31H,5,11-12,15-16,21-22H2,1-4H3,(H,40,50)(H,41,48)(H,42,47)(H,43,44,45,46)/t24-,27-,31-/m0/s1. The van der Waals surface area contributed by atoms with Crippen molar-refractivity contribution >= 4 is 29.6 Å². The maximum absolute atomic E-state index is 15.3. The van der Waals surface area contributed by atoms with Crippen molar-refractivity contribution < 1.29 is 33.0 Å². The molecule has 1 fully saturated rings. The van der Waals surface area contributed by atoms with Crippen molar-refractivity contribution in [2.75, 3.05) is 18.5 Å². The smallest absolute Gasteiger partial charge is 0.407 e. The molecule has 0 spiro atoms. The van der Waals surface area contributed by atoms with Crippen LogP contribution in [0.1, 0.15) is 69.3 Å². The molecule has 0 aliphatic heterocycles. The molecule has 0 saturated heterocycles. The first-order valence-corrected chi connectivity index (χ1v) is 17.4. The Labute approximate surface area is 301 Å². The summed E-state index contributed by atoms with van der Waals surface area (Å²) < 4.78 is 25.6. The number of amides is 3. The van der Waals surface area contributed by atoms with Gasteiger partial charge in [0.1, 0.15) is 17.5 Å². The van der Waals surface area contributed by atoms with E-state index in [1.807, 2.05) is 20.8 Å². The molecule has 1 saturated carbocycles. The van der Waals surface area contributed by atoms with Crippen LogP contribution in [0.2, 0.25) is 0 Å². The third kappa shape index (κ3) is 10.2. The van der Waals surface area contributed by atoms with Gasteiger partial charge in [-0.1, -0.05) is 36.4 Å². The zero-order valence-electron chi connectivity index (χ0n) is 29.7. The van der Waals surface area contributed by atoms with Crippen molar-refractivity contribution in [3.63, 3.8) is 0 Å². The maximum Gasteiger partial charge on any atom is 0.407 e. The van der Waals surface area contributed by atoms with Gasteiger partial charge in [0.05, 0.1) is 12.2 Å². The van der Waals surface area contributed by atoms with Crippen molar-refractivity contribution in [1.29, 1.82) is 0 Å². The van der Waals surface area contributed by atoms with Gasteiger partial charge in [0.2, 0.25) is 17.6 Å². The number of H-pyrrole nitrogens is 1. The van der Waals surface area contributed by atoms with Crippen molar-refractivity contribution in [3.05, 3.63) is 83.7 Å². The molecule has 274 valence electrons. The number of carbonyl (C=O) groups excluding carboxylic acids is 4. The zero-order chi connectivity index (χ0) is 37.3. The number of benzene rings is 3. The summed E-state index contributed by atoms with van der Waals surface area (Å²) >= 11 is 0. The summed E-state index contributed by atoms with van der Waals surface area (Å²) in [5, 5.41) is 22.6. The molecule has 4 aromatic rings. The summed E-state index contributed by atoms with van der Waals surface area (Å²) in [5.41, 5.74) is 1.99. The topological polar surface area (TPSA) is 177 Å². The first-order valence-electron chi connectivity index (χ1n) is 17.4. The van der Waals surface area contributed by atoms with Gasteiger partial charge in [0, 0.05) is 35.7 Å². The largest absolute Gasteiger partial charge is 0.462 e. The SMILES string of the molecule is CCOC(=O)c1cccc(-c2ccc(C[C@H](NC(=O)[C@H]3CC[C@H](CNC(=O)OC(C)(C)C)CC3)C(=O)Nc3ccc(-c4nn[nH]n4)cc3)cc2)c1F. The van der Waals surface area contributed by atoms with Gasteiger partial charge in [-0.2, -0.15) is 5.21 Å². The maximum atomic E-state index is 15.3. The second-order valence-electron chi connectivity index (χ2n) is 13.8. The first kappa shape index (κ1) is 37.6. The predicted molar refractivity (Wildman–Crippen MR) is 191 cm³/mol. The molecule has 52 heavy (non-hydrogen) atoms. The van der Waals surface area contributed by atoms with Crippen LogP contribution in [0.4, 0.5) is 14.9 Å². The highest BCUT2D eigenvalue weighted by molar-refractivity contribution is 5.98. The number of aromatic amines is 1. The number of hydrogen-bond donors (Lipinski definition) is 4. The van der Waals surface area contributed by atoms with E-state index in [1.165, 1.54) is 6.07 Å². The van der Waals surface area contributed by atoms with Gasteiger partial charge in [-0.15, -0.1) is 10.2 Å². The number of nitrogens with zero attached hydrogens (tertiary/aromatic N) is 3. The van der Waals surface area contributed by atoms with E-state index >= 15 is 4.39 Å². The molecule has 1 aromatic heterocycles. The minimum Gasteiger partial charge on any atom is -0.462 e. The van der Waals surface area contributed by atoms with Gasteiger partial charge in [0.25, 0.3) is 0 Å². The Morgan fingerprint density at radius 1 is 0.942 bits per heavy atom. The minimum atomic E-state index is -0.925. The monoisotopic (exact) mass is 713 g/mol. The molecule has 4 N–H and O–H groups in total. The average Bonchev–Trinajstić information content (AvgIpc) is 3.66. The van der Waals surface area contributed by atoms with Gasteiger partial charge < -0.3 is 25.4 Å². The number of rotatable bonds is 12. The summed E-state index contributed by atoms with van der Waals surface area (Å²) in [6.07, 6.45) is 2.42. The fourth-order valence-corrected chi connectivity index (χ4v) is 6.06. The normalized spacial score (nSPS) is 16.3. The summed E-state index contributed by atoms with van der Waals surface area (Å²) in [4.78, 5) is 51.7. The lowest BCUT2D eigenvalue weighted by molar-refractivity contribution is -0.130. The quantitative estimate of drug-likeness (QED) is 0.131. The van der Waals surface area contributed by atoms with Crippen molar-refractivity contribution in [3.8, 4) is 22.5 Å². The lowest BCUT2D eigenvalue weighted by Gasteiger charge is -2.29. The van der Waals surface area contributed by atoms with E-state index < -0.39 is 35.4 Å². The van der Waals surface area contributed by atoms with Gasteiger partial charge >= 0.3 is 12.1 Å². The van der Waals surface area contributed by atoms with Crippen LogP contribution in [0.3, 0.4) is 0 Å². The van der Waals surface area contributed by atoms with E-state index in [1.54, 1.807) is 67.6 Å². The third-order valence-electron chi connectivity index (χ3n) is 8.74. The van der Waals surface area contributed by atoms with Crippen LogP contribution in [-0.4, -0.2) is 69.3 Å². The molecule has 3 amide bonds. The minimum absolute atomic E-state index is 0.128. The number of nitrogens with one attached hydrogen (secondary N) is 4. The predicted octanol–water partition coefficient (Wildman–Crippen LogP) is 5.85. The molecular weight excluding hydrogens is 669 g/mol. The lowest BCUT2D eigenvalue weighted by atomic mass is 9.81. The van der Waals surface area contributed by atoms with Crippen LogP contribution in [0.25, 0.3) is 22.5 Å². The van der Waals surface area contributed by atoms with Crippen LogP contribution in [-0.2, 0) is 25.5 Å². The molecule has 0 radical (unpaired) electrons. The molecular formula is C38H44FN7O6. The summed E-state index contributed by atoms with van der Waals surface area (Å²) in [6, 6.07) is 17.5. The van der Waals surface area contributed by atoms with E-state index in [-0.39, 0.29) is 41.9 Å². The van der Waals surface area contributed by atoms with Crippen LogP contribution in [0.15, 0.2) is 66.7 Å². The average molecular weight is 714 g/mol. The summed E-state index contributed by atoms with van der Waals surface area (Å²) in [6.45, 7) is 7.67. The van der Waals surface area contributed by atoms with Gasteiger partial charge in [-0.05, 0) is 106 Å². The number of aromatic nitrogens is 4. The lowest BCUT2D eigenvalue weighted by Crippen LogP contribution is -2.48. The number of carbonyl (C=O) groups is 4. The second kappa shape index (κ2) is 17.0. The van der Waals surface area contributed by atoms with E-state index in [2.05, 4.69) is 36.6 Å². The number of tetrazole rings is 1. The number of alkyl carbamates (subject to hydrolysis) is 1. The van der Waals surface area contributed by atoms with E-state index in [0.717, 1.165) is 18.4 Å². The molecule has 1 atom stereocenters. The highest BCUT2D eigenvalue weighted by Crippen LogP contribution is 2.30. The molecule has 1 heterocycles. The first-order chi connectivity index (χ1) is 24.9. The molecule has 3 aromatic carbocycles. The number of esters is 1. The van der Waals surface area contributed by atoms with Crippen LogP contribution in [0.5, 0.6) is 0 Å². The fraction of sp³-hybridized carbons (Fsp3) is 0.395. The highest BCUT2D eigenvalue weighted by Gasteiger charge is 2.30. The molecule has 14 heteroatoms. The van der Waals surface area contributed by atoms with Crippen molar-refractivity contribution in [2.24, 2.45) is 11.8 Å². The van der Waals surface area contributed by atoms with Gasteiger partial charge in [-0.25, -0.2) is 14.0 Å². The van der Waals surface area contributed by atoms with Gasteiger partial charge in [0.15, 0.2) is 0 Å². The Balaban J connectivity index is 1.26. The highest BCUT2D eigenvalue weighted by atomic mass is 19.1. The Hall–Kier alpha value is -5.66.